The summed E-state index contributed by atoms with van der Waals surface area (Å²) in [5.74, 6) is -2.16. The quantitative estimate of drug-likeness (QED) is 0.239. The molecule has 1 aromatic heterocycles. The first-order chi connectivity index (χ1) is 19.6. The van der Waals surface area contributed by atoms with Crippen LogP contribution in [0.5, 0.6) is 0 Å². The topological polar surface area (TPSA) is 136 Å². The monoisotopic (exact) mass is 606 g/mol. The molecule has 3 N–H and O–H groups in total. The minimum Gasteiger partial charge on any atom is -0.469 e. The Morgan fingerprint density at radius 1 is 1.24 bits per heavy atom. The summed E-state index contributed by atoms with van der Waals surface area (Å²) in [5.41, 5.74) is -4.41. The normalized spacial score (nSPS) is 42.4. The van der Waals surface area contributed by atoms with Crippen LogP contribution in [-0.2, 0) is 23.8 Å². The molecule has 2 bridgehead atoms. The predicted octanol–water partition coefficient (Wildman–Crippen LogP) is 3.85. The first kappa shape index (κ1) is 31.7. The summed E-state index contributed by atoms with van der Waals surface area (Å²) < 4.78 is 23.6. The van der Waals surface area contributed by atoms with Crippen molar-refractivity contribution < 1.29 is 43.5 Å². The smallest absolute Gasteiger partial charge is 0.309 e. The van der Waals surface area contributed by atoms with Crippen molar-refractivity contribution in [1.29, 1.82) is 0 Å². The summed E-state index contributed by atoms with van der Waals surface area (Å²) >= 11 is 1.48. The van der Waals surface area contributed by atoms with Crippen LogP contribution in [0.2, 0.25) is 0 Å². The van der Waals surface area contributed by atoms with Crippen LogP contribution in [0, 0.1) is 28.6 Å². The maximum absolute atomic E-state index is 14.6. The maximum Gasteiger partial charge on any atom is 0.309 e. The van der Waals surface area contributed by atoms with Gasteiger partial charge in [0.25, 0.3) is 0 Å². The number of esters is 1. The fourth-order valence-corrected chi connectivity index (χ4v) is 9.03. The zero-order chi connectivity index (χ0) is 31.0. The molecule has 3 aliphatic carbocycles. The first-order valence-corrected chi connectivity index (χ1v) is 16.3. The molecule has 0 aromatic carbocycles. The van der Waals surface area contributed by atoms with Crippen molar-refractivity contribution >= 4 is 23.5 Å². The van der Waals surface area contributed by atoms with E-state index in [9.17, 15) is 24.9 Å². The lowest BCUT2D eigenvalue weighted by molar-refractivity contribution is -0.338. The molecule has 11 atom stereocenters. The number of furan rings is 1. The summed E-state index contributed by atoms with van der Waals surface area (Å²) in [6, 6.07) is 3.58. The van der Waals surface area contributed by atoms with Crippen LogP contribution in [0.25, 0.3) is 0 Å². The Balaban J connectivity index is 1.59. The molecule has 2 saturated carbocycles. The highest BCUT2D eigenvalue weighted by molar-refractivity contribution is 7.98. The Labute approximate surface area is 252 Å². The Morgan fingerprint density at radius 2 is 1.93 bits per heavy atom. The number of ketones is 1. The number of Topliss-reactive ketones (excluding diaryl/α,β-unsaturated/α-hetero) is 1. The Bertz CT molecular complexity index is 1240. The highest BCUT2D eigenvalue weighted by Crippen LogP contribution is 2.64. The minimum atomic E-state index is -1.59. The number of fused-ring (bicyclic) bond motifs is 5. The van der Waals surface area contributed by atoms with Gasteiger partial charge < -0.3 is 33.9 Å². The van der Waals surface area contributed by atoms with Gasteiger partial charge >= 0.3 is 5.97 Å². The number of thioether (sulfide) groups is 1. The number of carbonyl (C=O) groups excluding carboxylic acids is 2. The van der Waals surface area contributed by atoms with Gasteiger partial charge in [-0.1, -0.05) is 34.6 Å². The molecule has 1 aliphatic heterocycles. The van der Waals surface area contributed by atoms with E-state index in [0.717, 1.165) is 0 Å². The fraction of sp³-hybridized carbons (Fsp3) is 0.750. The molecule has 0 spiro atoms. The van der Waals surface area contributed by atoms with Crippen molar-refractivity contribution in [3.05, 3.63) is 35.3 Å². The third-order valence-corrected chi connectivity index (χ3v) is 12.0. The third-order valence-electron chi connectivity index (χ3n) is 11.6. The molecular weight excluding hydrogens is 560 g/mol. The number of aliphatic hydroxyl groups is 3. The van der Waals surface area contributed by atoms with Crippen LogP contribution in [0.1, 0.15) is 73.0 Å². The van der Waals surface area contributed by atoms with E-state index in [1.807, 2.05) is 40.0 Å². The SMILES string of the molecule is CSCOC1CC2OCC2(O)C2C(C)C3(O)CC(OC(=O)[C@H](C)[C@@H](C)c4ccco4)C(C)=C(C(O)C(=O)[C@]12C)C3(C)C. The average molecular weight is 607 g/mol. The van der Waals surface area contributed by atoms with Gasteiger partial charge in [0.2, 0.25) is 0 Å². The summed E-state index contributed by atoms with van der Waals surface area (Å²) in [5, 5.41) is 36.8. The zero-order valence-electron chi connectivity index (χ0n) is 25.9. The molecule has 5 rings (SSSR count). The van der Waals surface area contributed by atoms with Crippen molar-refractivity contribution in [3.8, 4) is 0 Å². The van der Waals surface area contributed by atoms with E-state index in [0.29, 0.717) is 29.3 Å². The molecule has 234 valence electrons. The van der Waals surface area contributed by atoms with Crippen molar-refractivity contribution in [2.24, 2.45) is 28.6 Å². The maximum atomic E-state index is 14.6. The van der Waals surface area contributed by atoms with E-state index in [4.69, 9.17) is 18.6 Å². The van der Waals surface area contributed by atoms with Gasteiger partial charge in [0.15, 0.2) is 5.78 Å². The molecular formula is C32H46O9S. The van der Waals surface area contributed by atoms with Crippen LogP contribution in [0.4, 0.5) is 0 Å². The number of rotatable bonds is 7. The molecule has 0 radical (unpaired) electrons. The second-order valence-corrected chi connectivity index (χ2v) is 14.6. The van der Waals surface area contributed by atoms with Crippen LogP contribution >= 0.6 is 11.8 Å². The summed E-state index contributed by atoms with van der Waals surface area (Å²) in [6.45, 7) is 12.7. The van der Waals surface area contributed by atoms with Gasteiger partial charge in [0, 0.05) is 30.1 Å². The van der Waals surface area contributed by atoms with Gasteiger partial charge in [-0.3, -0.25) is 9.59 Å². The predicted molar refractivity (Wildman–Crippen MR) is 157 cm³/mol. The number of ether oxygens (including phenoxy) is 3. The van der Waals surface area contributed by atoms with Gasteiger partial charge in [0.05, 0.1) is 48.0 Å². The van der Waals surface area contributed by atoms with E-state index in [1.165, 1.54) is 11.8 Å². The Hall–Kier alpha value is -1.69. The van der Waals surface area contributed by atoms with Crippen LogP contribution < -0.4 is 0 Å². The van der Waals surface area contributed by atoms with E-state index < -0.39 is 76.0 Å². The van der Waals surface area contributed by atoms with E-state index in [2.05, 4.69) is 0 Å². The molecule has 8 unspecified atom stereocenters. The van der Waals surface area contributed by atoms with Gasteiger partial charge in [-0.25, -0.2) is 0 Å². The molecule has 2 heterocycles. The molecule has 1 aromatic rings. The lowest BCUT2D eigenvalue weighted by Crippen LogP contribution is -2.79. The Morgan fingerprint density at radius 3 is 2.50 bits per heavy atom. The van der Waals surface area contributed by atoms with Gasteiger partial charge in [0.1, 0.15) is 23.6 Å². The lowest BCUT2D eigenvalue weighted by atomic mass is 9.43. The van der Waals surface area contributed by atoms with Crippen molar-refractivity contribution in [3.63, 3.8) is 0 Å². The van der Waals surface area contributed by atoms with E-state index in [1.54, 1.807) is 33.1 Å². The summed E-state index contributed by atoms with van der Waals surface area (Å²) in [6.07, 6.45) is 0.170. The molecule has 9 nitrogen and oxygen atoms in total. The molecule has 10 heteroatoms. The van der Waals surface area contributed by atoms with Crippen LogP contribution in [-0.4, -0.2) is 81.5 Å². The highest BCUT2D eigenvalue weighted by Gasteiger charge is 2.74. The molecule has 1 saturated heterocycles. The van der Waals surface area contributed by atoms with Crippen LogP contribution in [0.15, 0.2) is 34.0 Å². The number of carbonyl (C=O) groups is 2. The molecule has 3 fully saturated rings. The number of hydrogen-bond donors (Lipinski definition) is 3. The second-order valence-electron chi connectivity index (χ2n) is 13.8. The molecule has 0 amide bonds. The summed E-state index contributed by atoms with van der Waals surface area (Å²) in [4.78, 5) is 28.0. The van der Waals surface area contributed by atoms with Gasteiger partial charge in [-0.15, -0.1) is 11.8 Å². The minimum absolute atomic E-state index is 0.0275. The number of aliphatic hydroxyl groups excluding tert-OH is 1. The van der Waals surface area contributed by atoms with Gasteiger partial charge in [-0.05, 0) is 49.3 Å². The third kappa shape index (κ3) is 4.30. The zero-order valence-corrected chi connectivity index (χ0v) is 26.7. The Kier molecular flexibility index (Phi) is 8.11. The molecule has 4 aliphatic rings. The average Bonchev–Trinajstić information content (AvgIpc) is 3.47. The summed E-state index contributed by atoms with van der Waals surface area (Å²) in [7, 11) is 0. The van der Waals surface area contributed by atoms with Crippen molar-refractivity contribution in [1.82, 2.24) is 0 Å². The lowest BCUT2D eigenvalue weighted by Gasteiger charge is -2.67. The van der Waals surface area contributed by atoms with E-state index >= 15 is 0 Å². The fourth-order valence-electron chi connectivity index (χ4n) is 8.73. The highest BCUT2D eigenvalue weighted by atomic mass is 32.2. The first-order valence-electron chi connectivity index (χ1n) is 14.9. The van der Waals surface area contributed by atoms with Crippen molar-refractivity contribution in [2.45, 2.75) is 103 Å². The molecule has 42 heavy (non-hydrogen) atoms. The van der Waals surface area contributed by atoms with E-state index in [-0.39, 0.29) is 18.9 Å². The van der Waals surface area contributed by atoms with Gasteiger partial charge in [-0.2, -0.15) is 0 Å². The number of hydrogen-bond acceptors (Lipinski definition) is 10. The largest absolute Gasteiger partial charge is 0.469 e. The standard InChI is InChI=1S/C32H46O9S/c1-16(20-10-9-11-38-20)17(2)28(35)41-21-13-32(37)19(4)26-30(7,27(34)25(33)24(18(21)3)29(32,5)6)22(40-15-42-8)12-23-31(26,36)14-39-23/h9-11,16-17,19,21-23,25-26,33,36-37H,12-15H2,1-8H3/t16-,17-,19?,21?,22?,23?,25?,26?,30-,31?,32?/m1/s1. The van der Waals surface area contributed by atoms with Crippen molar-refractivity contribution in [2.75, 3.05) is 18.8 Å². The second kappa shape index (κ2) is 10.7. The van der Waals surface area contributed by atoms with Crippen LogP contribution in [0.3, 0.4) is 0 Å².